The molecule has 23 heavy (non-hydrogen) atoms. The molecule has 1 aromatic carbocycles. The molecule has 2 N–H and O–H groups in total. The van der Waals surface area contributed by atoms with Crippen molar-refractivity contribution in [2.45, 2.75) is 18.2 Å². The molecule has 0 bridgehead atoms. The highest BCUT2D eigenvalue weighted by Gasteiger charge is 2.21. The van der Waals surface area contributed by atoms with Gasteiger partial charge in [-0.1, -0.05) is 17.5 Å². The number of carbonyl (C=O) groups excluding carboxylic acids is 2. The topological polar surface area (TPSA) is 105 Å². The Hall–Kier alpha value is -1.97. The summed E-state index contributed by atoms with van der Waals surface area (Å²) in [4.78, 5) is 28.1. The Morgan fingerprint density at radius 2 is 1.96 bits per heavy atom. The van der Waals surface area contributed by atoms with Gasteiger partial charge in [0.15, 0.2) is 0 Å². The van der Waals surface area contributed by atoms with Gasteiger partial charge in [-0.15, -0.1) is 0 Å². The van der Waals surface area contributed by atoms with E-state index in [1.54, 1.807) is 0 Å². The Bertz CT molecular complexity index is 660. The van der Waals surface area contributed by atoms with Crippen LogP contribution in [0.3, 0.4) is 0 Å². The lowest BCUT2D eigenvalue weighted by Crippen LogP contribution is -2.37. The second-order valence-electron chi connectivity index (χ2n) is 4.66. The van der Waals surface area contributed by atoms with Crippen LogP contribution >= 0.6 is 0 Å². The molecule has 1 aromatic rings. The third kappa shape index (κ3) is 5.31. The maximum atomic E-state index is 12.1. The average molecular weight is 343 g/mol. The van der Waals surface area contributed by atoms with Crippen molar-refractivity contribution in [2.24, 2.45) is 0 Å². The molecule has 0 saturated carbocycles. The summed E-state index contributed by atoms with van der Waals surface area (Å²) in [7, 11) is -1.36. The van der Waals surface area contributed by atoms with Crippen LogP contribution in [0.2, 0.25) is 0 Å². The second kappa shape index (κ2) is 8.61. The predicted molar refractivity (Wildman–Crippen MR) is 84.0 cm³/mol. The van der Waals surface area contributed by atoms with E-state index in [-0.39, 0.29) is 22.9 Å². The number of nitrogens with one attached hydrogen (secondary N) is 2. The van der Waals surface area contributed by atoms with Gasteiger partial charge in [-0.25, -0.2) is 8.42 Å². The first-order chi connectivity index (χ1) is 10.8. The van der Waals surface area contributed by atoms with Gasteiger partial charge in [-0.3, -0.25) is 14.4 Å². The van der Waals surface area contributed by atoms with Crippen LogP contribution in [0.5, 0.6) is 0 Å². The van der Waals surface area contributed by atoms with Gasteiger partial charge in [0.1, 0.15) is 0 Å². The second-order valence-corrected chi connectivity index (χ2v) is 6.59. The summed E-state index contributed by atoms with van der Waals surface area (Å²) in [5.74, 6) is -0.836. The number of hydroxylamine groups is 1. The van der Waals surface area contributed by atoms with Crippen LogP contribution < -0.4 is 10.6 Å². The van der Waals surface area contributed by atoms with Crippen molar-refractivity contribution in [2.75, 3.05) is 27.2 Å². The molecule has 2 amide bonds. The van der Waals surface area contributed by atoms with Crippen molar-refractivity contribution < 1.29 is 22.8 Å². The van der Waals surface area contributed by atoms with Gasteiger partial charge in [0.25, 0.3) is 15.9 Å². The average Bonchev–Trinajstić information content (AvgIpc) is 2.56. The quantitative estimate of drug-likeness (QED) is 0.653. The first kappa shape index (κ1) is 19.1. The number of rotatable bonds is 8. The molecule has 0 aliphatic carbocycles. The zero-order chi connectivity index (χ0) is 17.5. The standard InChI is InChI=1S/C14H21N3O5S/c1-4-8-15-13(18)10-16-14(19)11-6-5-7-12(9-11)23(20,21)17(2)22-3/h5-7,9H,4,8,10H2,1-3H3,(H,15,18)(H,16,19). The minimum atomic E-state index is -3.84. The van der Waals surface area contributed by atoms with Crippen molar-refractivity contribution in [3.63, 3.8) is 0 Å². The van der Waals surface area contributed by atoms with E-state index < -0.39 is 15.9 Å². The normalized spacial score (nSPS) is 11.3. The molecule has 9 heteroatoms. The summed E-state index contributed by atoms with van der Waals surface area (Å²) in [5, 5.41) is 5.06. The molecule has 0 spiro atoms. The highest BCUT2D eigenvalue weighted by atomic mass is 32.2. The molecule has 0 aromatic heterocycles. The molecule has 0 fully saturated rings. The molecule has 0 atom stereocenters. The number of carbonyl (C=O) groups is 2. The number of nitrogens with zero attached hydrogens (tertiary/aromatic N) is 1. The number of sulfonamides is 1. The van der Waals surface area contributed by atoms with Gasteiger partial charge < -0.3 is 10.6 Å². The van der Waals surface area contributed by atoms with Gasteiger partial charge in [-0.2, -0.15) is 0 Å². The largest absolute Gasteiger partial charge is 0.355 e. The maximum absolute atomic E-state index is 12.1. The fourth-order valence-electron chi connectivity index (χ4n) is 1.63. The van der Waals surface area contributed by atoms with Crippen LogP contribution in [0.4, 0.5) is 0 Å². The Labute approximate surface area is 135 Å². The molecule has 1 rings (SSSR count). The van der Waals surface area contributed by atoms with Gasteiger partial charge in [0.05, 0.1) is 18.6 Å². The van der Waals surface area contributed by atoms with Crippen LogP contribution in [0.25, 0.3) is 0 Å². The molecule has 0 unspecified atom stereocenters. The third-order valence-electron chi connectivity index (χ3n) is 2.97. The van der Waals surface area contributed by atoms with Gasteiger partial charge in [0.2, 0.25) is 5.91 Å². The molecular weight excluding hydrogens is 322 g/mol. The maximum Gasteiger partial charge on any atom is 0.264 e. The third-order valence-corrected chi connectivity index (χ3v) is 4.65. The zero-order valence-electron chi connectivity index (χ0n) is 13.3. The monoisotopic (exact) mass is 343 g/mol. The molecular formula is C14H21N3O5S. The SMILES string of the molecule is CCCNC(=O)CNC(=O)c1cccc(S(=O)(=O)N(C)OC)c1. The van der Waals surface area contributed by atoms with E-state index in [1.807, 2.05) is 6.92 Å². The number of benzene rings is 1. The van der Waals surface area contributed by atoms with Crippen molar-refractivity contribution in [1.82, 2.24) is 15.1 Å². The van der Waals surface area contributed by atoms with Crippen molar-refractivity contribution in [3.05, 3.63) is 29.8 Å². The Morgan fingerprint density at radius 1 is 1.26 bits per heavy atom. The van der Waals surface area contributed by atoms with Gasteiger partial charge in [0, 0.05) is 19.2 Å². The molecule has 128 valence electrons. The highest BCUT2D eigenvalue weighted by Crippen LogP contribution is 2.15. The first-order valence-corrected chi connectivity index (χ1v) is 8.45. The van der Waals surface area contributed by atoms with Crippen LogP contribution in [-0.4, -0.2) is 51.9 Å². The smallest absolute Gasteiger partial charge is 0.264 e. The van der Waals surface area contributed by atoms with Crippen molar-refractivity contribution in [1.29, 1.82) is 0 Å². The lowest BCUT2D eigenvalue weighted by molar-refractivity contribution is -0.120. The summed E-state index contributed by atoms with van der Waals surface area (Å²) in [6.45, 7) is 2.28. The molecule has 0 heterocycles. The summed E-state index contributed by atoms with van der Waals surface area (Å²) >= 11 is 0. The van der Waals surface area contributed by atoms with Crippen molar-refractivity contribution in [3.8, 4) is 0 Å². The van der Waals surface area contributed by atoms with E-state index in [0.717, 1.165) is 6.42 Å². The first-order valence-electron chi connectivity index (χ1n) is 7.01. The lowest BCUT2D eigenvalue weighted by Gasteiger charge is -2.14. The van der Waals surface area contributed by atoms with Crippen LogP contribution in [-0.2, 0) is 19.7 Å². The van der Waals surface area contributed by atoms with E-state index in [2.05, 4.69) is 15.5 Å². The lowest BCUT2D eigenvalue weighted by atomic mass is 10.2. The number of amides is 2. The van der Waals surface area contributed by atoms with Crippen LogP contribution in [0.15, 0.2) is 29.2 Å². The number of hydrogen-bond acceptors (Lipinski definition) is 5. The summed E-state index contributed by atoms with van der Waals surface area (Å²) in [6, 6.07) is 5.49. The van der Waals surface area contributed by atoms with Gasteiger partial charge >= 0.3 is 0 Å². The predicted octanol–water partition coefficient (Wildman–Crippen LogP) is 0.124. The highest BCUT2D eigenvalue weighted by molar-refractivity contribution is 7.89. The summed E-state index contributed by atoms with van der Waals surface area (Å²) in [6.07, 6.45) is 0.798. The molecule has 0 saturated heterocycles. The molecule has 0 radical (unpaired) electrons. The molecule has 0 aliphatic heterocycles. The Balaban J connectivity index is 2.80. The summed E-state index contributed by atoms with van der Waals surface area (Å²) < 4.78 is 25.0. The number of hydrogen-bond donors (Lipinski definition) is 2. The molecule has 8 nitrogen and oxygen atoms in total. The minimum Gasteiger partial charge on any atom is -0.355 e. The van der Waals surface area contributed by atoms with Gasteiger partial charge in [-0.05, 0) is 24.6 Å². The minimum absolute atomic E-state index is 0.0788. The fraction of sp³-hybridized carbons (Fsp3) is 0.429. The van der Waals surface area contributed by atoms with Crippen LogP contribution in [0.1, 0.15) is 23.7 Å². The zero-order valence-corrected chi connectivity index (χ0v) is 14.1. The van der Waals surface area contributed by atoms with E-state index >= 15 is 0 Å². The summed E-state index contributed by atoms with van der Waals surface area (Å²) in [5.41, 5.74) is 0.138. The van der Waals surface area contributed by atoms with Crippen molar-refractivity contribution >= 4 is 21.8 Å². The Kier molecular flexibility index (Phi) is 7.14. The molecule has 0 aliphatic rings. The van der Waals surface area contributed by atoms with E-state index in [4.69, 9.17) is 0 Å². The van der Waals surface area contributed by atoms with E-state index in [9.17, 15) is 18.0 Å². The van der Waals surface area contributed by atoms with Crippen LogP contribution in [0, 0.1) is 0 Å². The Morgan fingerprint density at radius 3 is 2.57 bits per heavy atom. The fourth-order valence-corrected chi connectivity index (χ4v) is 2.65. The van der Waals surface area contributed by atoms with E-state index in [0.29, 0.717) is 11.0 Å². The van der Waals surface area contributed by atoms with E-state index in [1.165, 1.54) is 38.4 Å².